The number of thioether (sulfide) groups is 2. The number of carbonyl (C=O) groups is 6. The number of nitrogens with zero attached hydrogens (tertiary/aromatic N) is 2. The summed E-state index contributed by atoms with van der Waals surface area (Å²) in [6.07, 6.45) is 4.32. The summed E-state index contributed by atoms with van der Waals surface area (Å²) in [5, 5.41) is 18.1. The van der Waals surface area contributed by atoms with Gasteiger partial charge in [-0.2, -0.15) is 0 Å². The first kappa shape index (κ1) is 55.0. The Balaban J connectivity index is 0.816. The third-order valence-corrected chi connectivity index (χ3v) is 18.4. The lowest BCUT2D eigenvalue weighted by Crippen LogP contribution is -2.58. The van der Waals surface area contributed by atoms with Crippen molar-refractivity contribution in [1.29, 1.82) is 0 Å². The molecule has 8 rings (SSSR count). The number of carbonyl (C=O) groups excluding carboxylic acids is 6. The highest BCUT2D eigenvalue weighted by molar-refractivity contribution is 8.00. The lowest BCUT2D eigenvalue weighted by Gasteiger charge is -2.35. The van der Waals surface area contributed by atoms with Crippen molar-refractivity contribution in [3.8, 4) is 0 Å². The van der Waals surface area contributed by atoms with Gasteiger partial charge in [0.05, 0.1) is 47.1 Å². The quantitative estimate of drug-likeness (QED) is 0.105. The minimum Gasteiger partial charge on any atom is -0.381 e. The molecule has 4 heterocycles. The molecule has 2 aromatic carbocycles. The number of fused-ring (bicyclic) bond motifs is 4. The van der Waals surface area contributed by atoms with Crippen LogP contribution in [0, 0.1) is 10.8 Å². The number of ether oxygens (including phenoxy) is 3. The lowest BCUT2D eigenvalue weighted by atomic mass is 9.83. The van der Waals surface area contributed by atoms with E-state index in [1.54, 1.807) is 61.3 Å². The summed E-state index contributed by atoms with van der Waals surface area (Å²) >= 11 is 3.35. The minimum atomic E-state index is -0.720. The van der Waals surface area contributed by atoms with E-state index >= 15 is 0 Å². The molecular weight excluding hydrogens is 969 g/mol. The van der Waals surface area contributed by atoms with Crippen molar-refractivity contribution in [2.45, 2.75) is 164 Å². The van der Waals surface area contributed by atoms with E-state index in [4.69, 9.17) is 14.2 Å². The van der Waals surface area contributed by atoms with E-state index in [0.717, 1.165) is 22.3 Å². The van der Waals surface area contributed by atoms with E-state index in [-0.39, 0.29) is 58.4 Å². The molecule has 6 aliphatic rings. The van der Waals surface area contributed by atoms with Gasteiger partial charge in [0.2, 0.25) is 35.4 Å². The molecule has 2 aromatic rings. The maximum absolute atomic E-state index is 14.5. The van der Waals surface area contributed by atoms with Crippen molar-refractivity contribution in [2.24, 2.45) is 10.8 Å². The number of nitrogens with one attached hydrogen (secondary N) is 6. The maximum atomic E-state index is 14.5. The lowest BCUT2D eigenvalue weighted by molar-refractivity contribution is -0.144. The summed E-state index contributed by atoms with van der Waals surface area (Å²) < 4.78 is 19.1. The molecule has 6 amide bonds. The molecule has 4 fully saturated rings. The topological polar surface area (TPSA) is 209 Å². The number of hydrogen-bond donors (Lipinski definition) is 6. The standard InChI is InChI=1S/C54H78N8O9S2/c1-31(55-7)47(63)57-37-19-25-72-41-29-53(3,4)45(61(41)51(37)67)49(65)59-43-35-17-11-9-15-33(35)27-39(43)70-23-13-21-69-22-14-24-71-40-28-34-16-10-12-18-36(34)44(40)60-50(66)46-54(5,6)30-42-62(46)52(68)38(20-26-73-42)58-48(64)32(2)56-8/h9-12,15-18,31-32,37-46,55-56H,13-14,19-30H2,1-8H3,(H,57,63)(H,58,64)(H,59,65)(H,60,66)/t31-,32-,37-,38-,39+,40+,41-,42-,43-,44-,45+,46+/m0/s1. The number of hydrogen-bond acceptors (Lipinski definition) is 13. The number of likely N-dealkylation sites (N-methyl/N-ethyl adjacent to an activating group) is 2. The zero-order valence-electron chi connectivity index (χ0n) is 43.8. The van der Waals surface area contributed by atoms with Crippen LogP contribution in [0.4, 0.5) is 0 Å². The van der Waals surface area contributed by atoms with Gasteiger partial charge in [0.15, 0.2) is 0 Å². The Kier molecular flexibility index (Phi) is 17.9. The molecule has 2 aliphatic carbocycles. The van der Waals surface area contributed by atoms with E-state index in [1.165, 1.54) is 0 Å². The van der Waals surface area contributed by atoms with Crippen LogP contribution in [0.2, 0.25) is 0 Å². The zero-order valence-corrected chi connectivity index (χ0v) is 45.5. The highest BCUT2D eigenvalue weighted by Gasteiger charge is 2.57. The largest absolute Gasteiger partial charge is 0.381 e. The van der Waals surface area contributed by atoms with Crippen molar-refractivity contribution in [1.82, 2.24) is 41.7 Å². The normalized spacial score (nSPS) is 29.8. The van der Waals surface area contributed by atoms with Crippen molar-refractivity contribution >= 4 is 59.0 Å². The second-order valence-corrected chi connectivity index (χ2v) is 24.5. The van der Waals surface area contributed by atoms with Gasteiger partial charge in [0.25, 0.3) is 0 Å². The van der Waals surface area contributed by atoms with Crippen LogP contribution in [0.25, 0.3) is 0 Å². The Bertz CT molecular complexity index is 2180. The first-order chi connectivity index (χ1) is 34.9. The van der Waals surface area contributed by atoms with Gasteiger partial charge in [-0.3, -0.25) is 28.8 Å². The highest BCUT2D eigenvalue weighted by atomic mass is 32.2. The Morgan fingerprint density at radius 3 is 1.41 bits per heavy atom. The maximum Gasteiger partial charge on any atom is 0.246 e. The summed E-state index contributed by atoms with van der Waals surface area (Å²) in [5.74, 6) is 0.0402. The average Bonchev–Trinajstić information content (AvgIpc) is 4.01. The van der Waals surface area contributed by atoms with Crippen LogP contribution in [0.3, 0.4) is 0 Å². The van der Waals surface area contributed by atoms with Crippen LogP contribution in [-0.4, -0.2) is 156 Å². The third-order valence-electron chi connectivity index (χ3n) is 15.9. The van der Waals surface area contributed by atoms with E-state index in [2.05, 4.69) is 44.0 Å². The van der Waals surface area contributed by atoms with Crippen molar-refractivity contribution in [2.75, 3.05) is 52.0 Å². The van der Waals surface area contributed by atoms with E-state index < -0.39 is 59.2 Å². The van der Waals surface area contributed by atoms with Crippen LogP contribution < -0.4 is 31.9 Å². The summed E-state index contributed by atoms with van der Waals surface area (Å²) in [6, 6.07) is 11.6. The van der Waals surface area contributed by atoms with Crippen molar-refractivity contribution < 1.29 is 43.0 Å². The molecule has 0 bridgehead atoms. The molecule has 0 radical (unpaired) electrons. The van der Waals surface area contributed by atoms with Gasteiger partial charge < -0.3 is 55.9 Å². The summed E-state index contributed by atoms with van der Waals surface area (Å²) in [6.45, 7) is 13.5. The Morgan fingerprint density at radius 2 is 1.01 bits per heavy atom. The van der Waals surface area contributed by atoms with Gasteiger partial charge in [0.1, 0.15) is 24.2 Å². The van der Waals surface area contributed by atoms with Gasteiger partial charge in [-0.25, -0.2) is 0 Å². The monoisotopic (exact) mass is 1050 g/mol. The van der Waals surface area contributed by atoms with Crippen LogP contribution >= 0.6 is 23.5 Å². The predicted molar refractivity (Wildman–Crippen MR) is 282 cm³/mol. The predicted octanol–water partition coefficient (Wildman–Crippen LogP) is 3.75. The molecule has 0 spiro atoms. The Labute approximate surface area is 439 Å². The minimum absolute atomic E-state index is 0.165. The second kappa shape index (κ2) is 23.8. The van der Waals surface area contributed by atoms with Gasteiger partial charge in [-0.05, 0) is 111 Å². The van der Waals surface area contributed by atoms with E-state index in [9.17, 15) is 28.8 Å². The molecule has 17 nitrogen and oxygen atoms in total. The van der Waals surface area contributed by atoms with Gasteiger partial charge in [0, 0.05) is 39.3 Å². The summed E-state index contributed by atoms with van der Waals surface area (Å²) in [5.41, 5.74) is 3.26. The first-order valence-electron chi connectivity index (χ1n) is 26.3. The van der Waals surface area contributed by atoms with E-state index in [0.29, 0.717) is 89.3 Å². The smallest absolute Gasteiger partial charge is 0.246 e. The number of amides is 6. The SMILES string of the molecule is CN[C@@H](C)C(=O)N[C@H]1CCS[C@H]2CC(C)(C)[C@@H](C(=O)N[C@H]3c4ccccc4C[C@H]3OCCCOCCCO[C@@H]3Cc4ccccc4[C@@H]3NC(=O)[C@H]3N4C(=O)[C@@H](NC(=O)[C@H](C)NC)CCS[C@H]4CC3(C)C)N2C1=O. The highest BCUT2D eigenvalue weighted by Crippen LogP contribution is 2.48. The molecule has 0 aromatic heterocycles. The molecule has 19 heteroatoms. The van der Waals surface area contributed by atoms with Crippen molar-refractivity contribution in [3.05, 3.63) is 70.8 Å². The Hall–Kier alpha value is -4.24. The molecule has 0 unspecified atom stereocenters. The molecule has 0 saturated carbocycles. The molecule has 400 valence electrons. The van der Waals surface area contributed by atoms with Crippen molar-refractivity contribution in [3.63, 3.8) is 0 Å². The average molecular weight is 1050 g/mol. The fraction of sp³-hybridized carbons (Fsp3) is 0.667. The molecule has 6 N–H and O–H groups in total. The summed E-state index contributed by atoms with van der Waals surface area (Å²) in [4.78, 5) is 86.7. The van der Waals surface area contributed by atoms with E-state index in [1.807, 2.05) is 64.1 Å². The van der Waals surface area contributed by atoms with Gasteiger partial charge in [-0.1, -0.05) is 76.2 Å². The number of rotatable bonds is 20. The zero-order chi connectivity index (χ0) is 52.2. The second-order valence-electron chi connectivity index (χ2n) is 22.0. The first-order valence-corrected chi connectivity index (χ1v) is 28.4. The molecule has 12 atom stereocenters. The summed E-state index contributed by atoms with van der Waals surface area (Å²) in [7, 11) is 3.41. The van der Waals surface area contributed by atoms with Crippen LogP contribution in [-0.2, 0) is 55.8 Å². The van der Waals surface area contributed by atoms with Gasteiger partial charge in [-0.15, -0.1) is 23.5 Å². The van der Waals surface area contributed by atoms with Crippen LogP contribution in [0.15, 0.2) is 48.5 Å². The fourth-order valence-corrected chi connectivity index (χ4v) is 14.8. The third kappa shape index (κ3) is 12.1. The molecule has 73 heavy (non-hydrogen) atoms. The molecule has 4 aliphatic heterocycles. The molecular formula is C54H78N8O9S2. The fourth-order valence-electron chi connectivity index (χ4n) is 11.7. The Morgan fingerprint density at radius 1 is 0.616 bits per heavy atom. The van der Waals surface area contributed by atoms with Crippen LogP contribution in [0.5, 0.6) is 0 Å². The number of benzene rings is 2. The van der Waals surface area contributed by atoms with Crippen LogP contribution in [0.1, 0.15) is 114 Å². The van der Waals surface area contributed by atoms with Gasteiger partial charge >= 0.3 is 0 Å². The molecule has 4 saturated heterocycles.